The molecule has 0 aliphatic carbocycles. The van der Waals surface area contributed by atoms with Crippen LogP contribution in [0.15, 0.2) is 0 Å². The lowest BCUT2D eigenvalue weighted by molar-refractivity contribution is -0.144. The Kier molecular flexibility index (Phi) is 7.15. The van der Waals surface area contributed by atoms with Gasteiger partial charge in [-0.25, -0.2) is 0 Å². The maximum Gasteiger partial charge on any atom is 0.322 e. The number of piperidine rings is 1. The molecule has 0 aromatic rings. The summed E-state index contributed by atoms with van der Waals surface area (Å²) in [7, 11) is 1.38. The molecule has 3 unspecified atom stereocenters. The van der Waals surface area contributed by atoms with E-state index in [0.29, 0.717) is 24.2 Å². The maximum absolute atomic E-state index is 12.3. The number of ether oxygens (including phenoxy) is 1. The van der Waals surface area contributed by atoms with Crippen LogP contribution in [0.1, 0.15) is 40.5 Å². The lowest BCUT2D eigenvalue weighted by atomic mass is 9.92. The van der Waals surface area contributed by atoms with Crippen molar-refractivity contribution in [2.24, 2.45) is 17.8 Å². The summed E-state index contributed by atoms with van der Waals surface area (Å²) in [6, 6.07) is -0.404. The van der Waals surface area contributed by atoms with Gasteiger partial charge in [0.15, 0.2) is 0 Å². The molecule has 21 heavy (non-hydrogen) atoms. The summed E-state index contributed by atoms with van der Waals surface area (Å²) in [6.07, 6.45) is 1.85. The number of amides is 1. The van der Waals surface area contributed by atoms with Crippen molar-refractivity contribution in [3.8, 4) is 0 Å². The first kappa shape index (κ1) is 18.0. The zero-order chi connectivity index (χ0) is 16.0. The molecule has 0 bridgehead atoms. The van der Waals surface area contributed by atoms with Gasteiger partial charge in [-0.2, -0.15) is 0 Å². The number of carbonyl (C=O) groups excluding carboxylic acids is 2. The predicted octanol–water partition coefficient (Wildman–Crippen LogP) is 1.67. The van der Waals surface area contributed by atoms with E-state index in [9.17, 15) is 9.59 Å². The van der Waals surface area contributed by atoms with Crippen LogP contribution in [0, 0.1) is 17.8 Å². The molecule has 5 heteroatoms. The topological polar surface area (TPSA) is 58.6 Å². The van der Waals surface area contributed by atoms with Gasteiger partial charge in [0, 0.05) is 13.1 Å². The third kappa shape index (κ3) is 6.04. The standard InChI is InChI=1S/C16H30N2O3/c1-11(2)6-14(16(20)21-5)17-8-15(19)18-9-12(3)7-13(4)10-18/h11-14,17H,6-10H2,1-5H3. The van der Waals surface area contributed by atoms with Crippen LogP contribution in [-0.2, 0) is 14.3 Å². The van der Waals surface area contributed by atoms with E-state index in [0.717, 1.165) is 13.1 Å². The number of hydrogen-bond acceptors (Lipinski definition) is 4. The van der Waals surface area contributed by atoms with Crippen LogP contribution in [0.5, 0.6) is 0 Å². The summed E-state index contributed by atoms with van der Waals surface area (Å²) in [5.74, 6) is 1.24. The highest BCUT2D eigenvalue weighted by Gasteiger charge is 2.27. The van der Waals surface area contributed by atoms with Crippen molar-refractivity contribution in [2.45, 2.75) is 46.6 Å². The lowest BCUT2D eigenvalue weighted by Gasteiger charge is -2.35. The molecule has 0 spiro atoms. The summed E-state index contributed by atoms with van der Waals surface area (Å²) in [4.78, 5) is 25.9. The van der Waals surface area contributed by atoms with Crippen molar-refractivity contribution in [3.05, 3.63) is 0 Å². The number of likely N-dealkylation sites (tertiary alicyclic amines) is 1. The first-order valence-corrected chi connectivity index (χ1v) is 7.92. The quantitative estimate of drug-likeness (QED) is 0.758. The molecule has 1 heterocycles. The molecule has 0 saturated carbocycles. The minimum Gasteiger partial charge on any atom is -0.468 e. The smallest absolute Gasteiger partial charge is 0.322 e. The fourth-order valence-corrected chi connectivity index (χ4v) is 3.07. The van der Waals surface area contributed by atoms with Gasteiger partial charge in [0.05, 0.1) is 13.7 Å². The first-order valence-electron chi connectivity index (χ1n) is 7.92. The van der Waals surface area contributed by atoms with Crippen LogP contribution in [0.25, 0.3) is 0 Å². The van der Waals surface area contributed by atoms with E-state index in [-0.39, 0.29) is 18.4 Å². The Morgan fingerprint density at radius 2 is 1.81 bits per heavy atom. The first-order chi connectivity index (χ1) is 9.83. The molecule has 5 nitrogen and oxygen atoms in total. The zero-order valence-corrected chi connectivity index (χ0v) is 14.0. The Balaban J connectivity index is 2.50. The monoisotopic (exact) mass is 298 g/mol. The number of rotatable bonds is 6. The number of nitrogens with one attached hydrogen (secondary N) is 1. The molecule has 3 atom stereocenters. The van der Waals surface area contributed by atoms with Gasteiger partial charge in [-0.1, -0.05) is 27.7 Å². The van der Waals surface area contributed by atoms with Crippen molar-refractivity contribution in [1.29, 1.82) is 0 Å². The predicted molar refractivity (Wildman–Crippen MR) is 82.8 cm³/mol. The van der Waals surface area contributed by atoms with Gasteiger partial charge < -0.3 is 9.64 Å². The Bertz CT molecular complexity index is 347. The van der Waals surface area contributed by atoms with Gasteiger partial charge >= 0.3 is 5.97 Å². The minimum absolute atomic E-state index is 0.0751. The van der Waals surface area contributed by atoms with Gasteiger partial charge in [0.1, 0.15) is 6.04 Å². The average molecular weight is 298 g/mol. The Morgan fingerprint density at radius 1 is 1.24 bits per heavy atom. The highest BCUT2D eigenvalue weighted by molar-refractivity contribution is 5.80. The summed E-state index contributed by atoms with van der Waals surface area (Å²) in [5, 5.41) is 3.06. The van der Waals surface area contributed by atoms with E-state index >= 15 is 0 Å². The SMILES string of the molecule is COC(=O)C(CC(C)C)NCC(=O)N1CC(C)CC(C)C1. The largest absolute Gasteiger partial charge is 0.468 e. The van der Waals surface area contributed by atoms with E-state index in [1.54, 1.807) is 0 Å². The molecule has 1 amide bonds. The summed E-state index contributed by atoms with van der Waals surface area (Å²) in [6.45, 7) is 10.3. The third-order valence-corrected chi connectivity index (χ3v) is 3.91. The normalized spacial score (nSPS) is 24.0. The Labute approximate surface area is 128 Å². The number of esters is 1. The Morgan fingerprint density at radius 3 is 2.29 bits per heavy atom. The fourth-order valence-electron chi connectivity index (χ4n) is 3.07. The highest BCUT2D eigenvalue weighted by Crippen LogP contribution is 2.20. The number of carbonyl (C=O) groups is 2. The van der Waals surface area contributed by atoms with Gasteiger partial charge in [-0.15, -0.1) is 0 Å². The molecule has 1 aliphatic heterocycles. The van der Waals surface area contributed by atoms with Crippen molar-refractivity contribution in [2.75, 3.05) is 26.7 Å². The molecular formula is C16H30N2O3. The molecule has 122 valence electrons. The third-order valence-electron chi connectivity index (χ3n) is 3.91. The summed E-state index contributed by atoms with van der Waals surface area (Å²) < 4.78 is 4.80. The van der Waals surface area contributed by atoms with E-state index in [1.807, 2.05) is 18.7 Å². The van der Waals surface area contributed by atoms with Crippen molar-refractivity contribution < 1.29 is 14.3 Å². The zero-order valence-electron chi connectivity index (χ0n) is 14.0. The van der Waals surface area contributed by atoms with Crippen LogP contribution in [0.4, 0.5) is 0 Å². The van der Waals surface area contributed by atoms with E-state index in [1.165, 1.54) is 13.5 Å². The summed E-state index contributed by atoms with van der Waals surface area (Å²) in [5.41, 5.74) is 0. The molecule has 1 aliphatic rings. The van der Waals surface area contributed by atoms with Gasteiger partial charge in [-0.3, -0.25) is 14.9 Å². The highest BCUT2D eigenvalue weighted by atomic mass is 16.5. The van der Waals surface area contributed by atoms with Gasteiger partial charge in [0.25, 0.3) is 0 Å². The lowest BCUT2D eigenvalue weighted by Crippen LogP contribution is -2.49. The number of nitrogens with zero attached hydrogens (tertiary/aromatic N) is 1. The Hall–Kier alpha value is -1.10. The van der Waals surface area contributed by atoms with Crippen LogP contribution in [-0.4, -0.2) is 49.6 Å². The fraction of sp³-hybridized carbons (Fsp3) is 0.875. The van der Waals surface area contributed by atoms with Crippen LogP contribution in [0.2, 0.25) is 0 Å². The second-order valence-corrected chi connectivity index (χ2v) is 6.83. The molecule has 1 N–H and O–H groups in total. The average Bonchev–Trinajstić information content (AvgIpc) is 2.40. The van der Waals surface area contributed by atoms with E-state index in [4.69, 9.17) is 4.74 Å². The maximum atomic E-state index is 12.3. The second-order valence-electron chi connectivity index (χ2n) is 6.83. The van der Waals surface area contributed by atoms with Crippen LogP contribution in [0.3, 0.4) is 0 Å². The summed E-state index contributed by atoms with van der Waals surface area (Å²) >= 11 is 0. The molecular weight excluding hydrogens is 268 g/mol. The number of methoxy groups -OCH3 is 1. The molecule has 1 fully saturated rings. The molecule has 1 saturated heterocycles. The molecule has 1 rings (SSSR count). The van der Waals surface area contributed by atoms with Crippen molar-refractivity contribution in [1.82, 2.24) is 10.2 Å². The van der Waals surface area contributed by atoms with E-state index < -0.39 is 6.04 Å². The van der Waals surface area contributed by atoms with Gasteiger partial charge in [-0.05, 0) is 30.6 Å². The second kappa shape index (κ2) is 8.37. The van der Waals surface area contributed by atoms with Crippen molar-refractivity contribution in [3.63, 3.8) is 0 Å². The minimum atomic E-state index is -0.404. The van der Waals surface area contributed by atoms with Crippen LogP contribution >= 0.6 is 0 Å². The molecule has 0 radical (unpaired) electrons. The van der Waals surface area contributed by atoms with Crippen LogP contribution < -0.4 is 5.32 Å². The number of hydrogen-bond donors (Lipinski definition) is 1. The molecule has 0 aromatic carbocycles. The van der Waals surface area contributed by atoms with Crippen molar-refractivity contribution >= 4 is 11.9 Å². The van der Waals surface area contributed by atoms with Gasteiger partial charge in [0.2, 0.25) is 5.91 Å². The molecule has 0 aromatic heterocycles. The van der Waals surface area contributed by atoms with E-state index in [2.05, 4.69) is 19.2 Å².